The van der Waals surface area contributed by atoms with Crippen LogP contribution >= 0.6 is 11.3 Å². The van der Waals surface area contributed by atoms with E-state index in [1.807, 2.05) is 0 Å². The van der Waals surface area contributed by atoms with Gasteiger partial charge in [-0.25, -0.2) is 0 Å². The van der Waals surface area contributed by atoms with Gasteiger partial charge >= 0.3 is 5.00 Å². The Morgan fingerprint density at radius 1 is 1.50 bits per heavy atom. The molecular formula is C11H15N3O3S. The molecule has 7 heteroatoms. The maximum Gasteiger partial charge on any atom is 0.324 e. The number of nitro groups is 1. The van der Waals surface area contributed by atoms with E-state index >= 15 is 0 Å². The largest absolute Gasteiger partial charge is 0.351 e. The van der Waals surface area contributed by atoms with E-state index in [9.17, 15) is 14.9 Å². The topological polar surface area (TPSA) is 84.3 Å². The summed E-state index contributed by atoms with van der Waals surface area (Å²) in [4.78, 5) is 22.2. The zero-order valence-electron chi connectivity index (χ0n) is 9.85. The Bertz CT molecular complexity index is 440. The van der Waals surface area contributed by atoms with Crippen LogP contribution in [-0.4, -0.2) is 30.5 Å². The molecule has 0 saturated carbocycles. The molecule has 2 rings (SSSR count). The molecule has 2 heterocycles. The van der Waals surface area contributed by atoms with Crippen LogP contribution in [0.25, 0.3) is 0 Å². The normalized spacial score (nSPS) is 16.4. The van der Waals surface area contributed by atoms with Crippen LogP contribution in [0, 0.1) is 16.0 Å². The number of thiophene rings is 1. The fourth-order valence-corrected chi connectivity index (χ4v) is 2.69. The van der Waals surface area contributed by atoms with Crippen LogP contribution in [0.3, 0.4) is 0 Å². The highest BCUT2D eigenvalue weighted by Crippen LogP contribution is 2.23. The molecule has 0 aromatic carbocycles. The summed E-state index contributed by atoms with van der Waals surface area (Å²) < 4.78 is 0. The van der Waals surface area contributed by atoms with E-state index in [0.717, 1.165) is 37.3 Å². The molecule has 1 aliphatic rings. The highest BCUT2D eigenvalue weighted by molar-refractivity contribution is 7.17. The second kappa shape index (κ2) is 5.92. The van der Waals surface area contributed by atoms with Crippen molar-refractivity contribution in [2.45, 2.75) is 12.8 Å². The van der Waals surface area contributed by atoms with Gasteiger partial charge in [0.25, 0.3) is 5.91 Å². The minimum absolute atomic E-state index is 0.00187. The van der Waals surface area contributed by atoms with E-state index in [0.29, 0.717) is 17.3 Å². The summed E-state index contributed by atoms with van der Waals surface area (Å²) in [5.74, 6) is 0.289. The number of amides is 1. The summed E-state index contributed by atoms with van der Waals surface area (Å²) in [5.41, 5.74) is 0. The van der Waals surface area contributed by atoms with Crippen molar-refractivity contribution in [3.63, 3.8) is 0 Å². The fourth-order valence-electron chi connectivity index (χ4n) is 1.96. The second-order valence-corrected chi connectivity index (χ2v) is 5.36. The molecule has 0 aliphatic carbocycles. The molecule has 18 heavy (non-hydrogen) atoms. The predicted molar refractivity (Wildman–Crippen MR) is 68.9 cm³/mol. The van der Waals surface area contributed by atoms with Crippen LogP contribution < -0.4 is 10.6 Å². The number of nitrogens with zero attached hydrogens (tertiary/aromatic N) is 1. The van der Waals surface area contributed by atoms with Gasteiger partial charge in [0, 0.05) is 12.6 Å². The highest BCUT2D eigenvalue weighted by atomic mass is 32.1. The van der Waals surface area contributed by atoms with E-state index in [1.165, 1.54) is 12.1 Å². The Balaban J connectivity index is 1.84. The molecule has 0 spiro atoms. The molecule has 1 aromatic rings. The second-order valence-electron chi connectivity index (χ2n) is 4.30. The molecule has 0 radical (unpaired) electrons. The standard InChI is InChI=1S/C11H15N3O3S/c15-11(9-1-2-10(18-9)14(16)17)13-7-8-3-5-12-6-4-8/h1-2,8,12H,3-7H2,(H,13,15). The van der Waals surface area contributed by atoms with Gasteiger partial charge in [0.05, 0.1) is 9.80 Å². The number of carbonyl (C=O) groups is 1. The molecule has 6 nitrogen and oxygen atoms in total. The smallest absolute Gasteiger partial charge is 0.324 e. The molecule has 1 fully saturated rings. The maximum atomic E-state index is 11.8. The average molecular weight is 269 g/mol. The third-order valence-electron chi connectivity index (χ3n) is 3.01. The molecule has 2 N–H and O–H groups in total. The van der Waals surface area contributed by atoms with Crippen molar-refractivity contribution in [3.8, 4) is 0 Å². The summed E-state index contributed by atoms with van der Waals surface area (Å²) in [6.07, 6.45) is 2.12. The van der Waals surface area contributed by atoms with E-state index < -0.39 is 4.92 Å². The van der Waals surface area contributed by atoms with Crippen LogP contribution in [0.1, 0.15) is 22.5 Å². The quantitative estimate of drug-likeness (QED) is 0.639. The van der Waals surface area contributed by atoms with Crippen LogP contribution in [0.15, 0.2) is 12.1 Å². The van der Waals surface area contributed by atoms with Gasteiger partial charge in [-0.3, -0.25) is 14.9 Å². The summed E-state index contributed by atoms with van der Waals surface area (Å²) in [6.45, 7) is 2.63. The van der Waals surface area contributed by atoms with Gasteiger partial charge in [-0.1, -0.05) is 11.3 Å². The minimum atomic E-state index is -0.478. The van der Waals surface area contributed by atoms with Crippen LogP contribution in [-0.2, 0) is 0 Å². The maximum absolute atomic E-state index is 11.8. The lowest BCUT2D eigenvalue weighted by molar-refractivity contribution is -0.380. The van der Waals surface area contributed by atoms with Crippen molar-refractivity contribution in [2.24, 2.45) is 5.92 Å². The zero-order valence-corrected chi connectivity index (χ0v) is 10.7. The van der Waals surface area contributed by atoms with E-state index in [-0.39, 0.29) is 10.9 Å². The lowest BCUT2D eigenvalue weighted by atomic mass is 9.98. The first kappa shape index (κ1) is 13.0. The van der Waals surface area contributed by atoms with Gasteiger partial charge in [-0.05, 0) is 37.9 Å². The van der Waals surface area contributed by atoms with Crippen molar-refractivity contribution < 1.29 is 9.72 Å². The van der Waals surface area contributed by atoms with Gasteiger partial charge in [0.1, 0.15) is 0 Å². The van der Waals surface area contributed by atoms with E-state index in [2.05, 4.69) is 10.6 Å². The number of hydrogen-bond acceptors (Lipinski definition) is 5. The average Bonchev–Trinajstić information content (AvgIpc) is 2.87. The number of nitrogens with one attached hydrogen (secondary N) is 2. The van der Waals surface area contributed by atoms with Crippen molar-refractivity contribution in [2.75, 3.05) is 19.6 Å². The molecule has 98 valence electrons. The fraction of sp³-hybridized carbons (Fsp3) is 0.545. The van der Waals surface area contributed by atoms with Crippen molar-refractivity contribution >= 4 is 22.2 Å². The monoisotopic (exact) mass is 269 g/mol. The van der Waals surface area contributed by atoms with E-state index in [1.54, 1.807) is 0 Å². The number of carbonyl (C=O) groups excluding carboxylic acids is 1. The third-order valence-corrected chi connectivity index (χ3v) is 4.04. The first-order valence-corrected chi connectivity index (χ1v) is 6.71. The van der Waals surface area contributed by atoms with Crippen LogP contribution in [0.5, 0.6) is 0 Å². The molecular weight excluding hydrogens is 254 g/mol. The van der Waals surface area contributed by atoms with Gasteiger partial charge in [0.2, 0.25) is 0 Å². The Kier molecular flexibility index (Phi) is 4.27. The minimum Gasteiger partial charge on any atom is -0.351 e. The Morgan fingerprint density at radius 2 is 2.22 bits per heavy atom. The molecule has 1 amide bonds. The molecule has 0 atom stereocenters. The molecule has 0 bridgehead atoms. The lowest BCUT2D eigenvalue weighted by Gasteiger charge is -2.22. The van der Waals surface area contributed by atoms with Crippen molar-refractivity contribution in [1.82, 2.24) is 10.6 Å². The lowest BCUT2D eigenvalue weighted by Crippen LogP contribution is -2.35. The van der Waals surface area contributed by atoms with E-state index in [4.69, 9.17) is 0 Å². The van der Waals surface area contributed by atoms with Crippen molar-refractivity contribution in [3.05, 3.63) is 27.1 Å². The van der Waals surface area contributed by atoms with Crippen LogP contribution in [0.4, 0.5) is 5.00 Å². The Labute approximate surface area is 109 Å². The summed E-state index contributed by atoms with van der Waals surface area (Å²) >= 11 is 0.912. The Morgan fingerprint density at radius 3 is 2.83 bits per heavy atom. The zero-order chi connectivity index (χ0) is 13.0. The SMILES string of the molecule is O=C(NCC1CCNCC1)c1ccc([N+](=O)[O-])s1. The molecule has 1 aromatic heterocycles. The summed E-state index contributed by atoms with van der Waals surface area (Å²) in [6, 6.07) is 2.87. The molecule has 0 unspecified atom stereocenters. The number of rotatable bonds is 4. The molecule has 1 saturated heterocycles. The van der Waals surface area contributed by atoms with Gasteiger partial charge < -0.3 is 10.6 Å². The predicted octanol–water partition coefficient (Wildman–Crippen LogP) is 1.39. The summed E-state index contributed by atoms with van der Waals surface area (Å²) in [7, 11) is 0. The summed E-state index contributed by atoms with van der Waals surface area (Å²) in [5, 5.41) is 16.6. The highest BCUT2D eigenvalue weighted by Gasteiger charge is 2.17. The number of hydrogen-bond donors (Lipinski definition) is 2. The molecule has 1 aliphatic heterocycles. The first-order valence-electron chi connectivity index (χ1n) is 5.90. The van der Waals surface area contributed by atoms with Gasteiger partial charge in [-0.15, -0.1) is 0 Å². The third kappa shape index (κ3) is 3.27. The Hall–Kier alpha value is -1.47. The first-order chi connectivity index (χ1) is 8.66. The van der Waals surface area contributed by atoms with Gasteiger partial charge in [-0.2, -0.15) is 0 Å². The van der Waals surface area contributed by atoms with Crippen LogP contribution in [0.2, 0.25) is 0 Å². The number of piperidine rings is 1. The van der Waals surface area contributed by atoms with Gasteiger partial charge in [0.15, 0.2) is 0 Å². The van der Waals surface area contributed by atoms with Crippen molar-refractivity contribution in [1.29, 1.82) is 0 Å².